The Kier molecular flexibility index (Phi) is 3.25. The highest BCUT2D eigenvalue weighted by molar-refractivity contribution is 7.09. The second-order valence-corrected chi connectivity index (χ2v) is 5.38. The number of aromatic nitrogens is 1. The summed E-state index contributed by atoms with van der Waals surface area (Å²) >= 11 is 1.67. The van der Waals surface area contributed by atoms with E-state index in [2.05, 4.69) is 9.88 Å². The van der Waals surface area contributed by atoms with E-state index in [0.29, 0.717) is 5.92 Å². The molecule has 16 heavy (non-hydrogen) atoms. The average molecular weight is 240 g/mol. The second-order valence-electron chi connectivity index (χ2n) is 4.44. The van der Waals surface area contributed by atoms with Crippen LogP contribution in [-0.2, 0) is 11.3 Å². The number of aliphatic carboxylic acids is 1. The number of carbonyl (C=O) groups is 1. The zero-order valence-corrected chi connectivity index (χ0v) is 10.3. The van der Waals surface area contributed by atoms with Crippen LogP contribution >= 0.6 is 11.3 Å². The molecule has 5 heteroatoms. The highest BCUT2D eigenvalue weighted by atomic mass is 32.1. The minimum atomic E-state index is -0.682. The highest BCUT2D eigenvalue weighted by Crippen LogP contribution is 2.27. The molecule has 2 heterocycles. The third-order valence-electron chi connectivity index (χ3n) is 3.29. The predicted octanol–water partition coefficient (Wildman–Crippen LogP) is 1.60. The molecular weight excluding hydrogens is 224 g/mol. The lowest BCUT2D eigenvalue weighted by molar-refractivity contribution is -0.145. The number of nitrogens with zero attached hydrogens (tertiary/aromatic N) is 2. The van der Waals surface area contributed by atoms with E-state index in [1.165, 1.54) is 4.88 Å². The van der Waals surface area contributed by atoms with Crippen LogP contribution in [0.4, 0.5) is 0 Å². The van der Waals surface area contributed by atoms with Gasteiger partial charge < -0.3 is 5.11 Å². The van der Waals surface area contributed by atoms with Crippen molar-refractivity contribution in [3.8, 4) is 0 Å². The molecule has 0 amide bonds. The maximum atomic E-state index is 10.8. The molecule has 1 atom stereocenters. The molecule has 0 spiro atoms. The van der Waals surface area contributed by atoms with Gasteiger partial charge in [-0.25, -0.2) is 4.98 Å². The number of carboxylic acid groups (broad SMARTS) is 1. The number of likely N-dealkylation sites (tertiary alicyclic amines) is 1. The van der Waals surface area contributed by atoms with E-state index in [1.54, 1.807) is 18.3 Å². The van der Waals surface area contributed by atoms with E-state index in [9.17, 15) is 4.79 Å². The zero-order chi connectivity index (χ0) is 11.7. The highest BCUT2D eigenvalue weighted by Gasteiger charge is 2.34. The number of thiazole rings is 1. The van der Waals surface area contributed by atoms with Gasteiger partial charge in [-0.1, -0.05) is 6.92 Å². The minimum Gasteiger partial charge on any atom is -0.481 e. The molecule has 1 unspecified atom stereocenters. The maximum absolute atomic E-state index is 10.8. The Morgan fingerprint density at radius 3 is 2.94 bits per heavy atom. The number of hydrogen-bond acceptors (Lipinski definition) is 4. The van der Waals surface area contributed by atoms with Crippen molar-refractivity contribution in [3.63, 3.8) is 0 Å². The number of aryl methyl sites for hydroxylation is 1. The molecule has 1 aliphatic heterocycles. The molecule has 0 aliphatic carbocycles. The minimum absolute atomic E-state index is 0.223. The van der Waals surface area contributed by atoms with Gasteiger partial charge in [0.15, 0.2) is 0 Å². The van der Waals surface area contributed by atoms with Gasteiger partial charge >= 0.3 is 5.97 Å². The zero-order valence-electron chi connectivity index (χ0n) is 9.51. The quantitative estimate of drug-likeness (QED) is 0.868. The monoisotopic (exact) mass is 240 g/mol. The van der Waals surface area contributed by atoms with Crippen LogP contribution in [0.2, 0.25) is 0 Å². The van der Waals surface area contributed by atoms with E-state index in [4.69, 9.17) is 5.11 Å². The summed E-state index contributed by atoms with van der Waals surface area (Å²) in [5, 5.41) is 8.88. The van der Waals surface area contributed by atoms with Crippen LogP contribution in [0, 0.1) is 18.8 Å². The second kappa shape index (κ2) is 4.51. The van der Waals surface area contributed by atoms with Gasteiger partial charge in [0.2, 0.25) is 0 Å². The van der Waals surface area contributed by atoms with Gasteiger partial charge in [0.25, 0.3) is 0 Å². The van der Waals surface area contributed by atoms with E-state index in [-0.39, 0.29) is 5.92 Å². The van der Waals surface area contributed by atoms with Crippen molar-refractivity contribution in [2.24, 2.45) is 11.8 Å². The lowest BCUT2D eigenvalue weighted by Gasteiger charge is -2.41. The van der Waals surface area contributed by atoms with Gasteiger partial charge in [-0.15, -0.1) is 11.3 Å². The molecule has 0 aromatic carbocycles. The summed E-state index contributed by atoms with van der Waals surface area (Å²) in [4.78, 5) is 18.6. The van der Waals surface area contributed by atoms with Crippen LogP contribution in [0.15, 0.2) is 5.51 Å². The van der Waals surface area contributed by atoms with Crippen molar-refractivity contribution in [3.05, 3.63) is 16.1 Å². The van der Waals surface area contributed by atoms with E-state index < -0.39 is 5.97 Å². The van der Waals surface area contributed by atoms with Gasteiger partial charge in [-0.05, 0) is 12.8 Å². The summed E-state index contributed by atoms with van der Waals surface area (Å²) < 4.78 is 0. The lowest BCUT2D eigenvalue weighted by Crippen LogP contribution is -2.50. The van der Waals surface area contributed by atoms with Crippen molar-refractivity contribution in [1.29, 1.82) is 0 Å². The Morgan fingerprint density at radius 1 is 1.75 bits per heavy atom. The third kappa shape index (κ3) is 2.25. The SMILES string of the molecule is Cc1ncsc1CN1CC(C(C)C(=O)O)C1. The first-order chi connectivity index (χ1) is 7.58. The topological polar surface area (TPSA) is 53.4 Å². The van der Waals surface area contributed by atoms with Crippen molar-refractivity contribution in [1.82, 2.24) is 9.88 Å². The standard InChI is InChI=1S/C11H16N2O2S/c1-7(11(14)15)9-3-13(4-9)5-10-8(2)12-6-16-10/h6-7,9H,3-5H2,1-2H3,(H,14,15). The lowest BCUT2D eigenvalue weighted by atomic mass is 9.87. The van der Waals surface area contributed by atoms with Crippen molar-refractivity contribution < 1.29 is 9.90 Å². The molecule has 1 saturated heterocycles. The Hall–Kier alpha value is -0.940. The largest absolute Gasteiger partial charge is 0.481 e. The number of rotatable bonds is 4. The van der Waals surface area contributed by atoms with Crippen LogP contribution in [0.25, 0.3) is 0 Å². The summed E-state index contributed by atoms with van der Waals surface area (Å²) in [6.07, 6.45) is 0. The Bertz CT molecular complexity index is 385. The first-order valence-corrected chi connectivity index (χ1v) is 6.30. The van der Waals surface area contributed by atoms with Gasteiger partial charge in [-0.3, -0.25) is 9.69 Å². The molecule has 1 fully saturated rings. The summed E-state index contributed by atoms with van der Waals surface area (Å²) in [5.41, 5.74) is 2.96. The molecule has 0 bridgehead atoms. The summed E-state index contributed by atoms with van der Waals surface area (Å²) in [7, 11) is 0. The van der Waals surface area contributed by atoms with Crippen molar-refractivity contribution in [2.45, 2.75) is 20.4 Å². The van der Waals surface area contributed by atoms with Gasteiger partial charge in [0.1, 0.15) is 0 Å². The van der Waals surface area contributed by atoms with Crippen LogP contribution in [0.1, 0.15) is 17.5 Å². The molecule has 2 rings (SSSR count). The Labute approximate surface area is 98.9 Å². The van der Waals surface area contributed by atoms with Gasteiger partial charge in [0.05, 0.1) is 17.1 Å². The Balaban J connectivity index is 1.81. The molecule has 1 aliphatic rings. The summed E-state index contributed by atoms with van der Waals surface area (Å²) in [6.45, 7) is 6.51. The molecule has 88 valence electrons. The van der Waals surface area contributed by atoms with Gasteiger partial charge in [0, 0.05) is 24.5 Å². The third-order valence-corrected chi connectivity index (χ3v) is 4.21. The molecule has 1 aromatic rings. The fourth-order valence-electron chi connectivity index (χ4n) is 1.94. The number of hydrogen-bond donors (Lipinski definition) is 1. The summed E-state index contributed by atoms with van der Waals surface area (Å²) in [6, 6.07) is 0. The molecule has 0 saturated carbocycles. The average Bonchev–Trinajstić information content (AvgIpc) is 2.56. The van der Waals surface area contributed by atoms with E-state index in [0.717, 1.165) is 25.3 Å². The fourth-order valence-corrected chi connectivity index (χ4v) is 2.76. The van der Waals surface area contributed by atoms with Crippen molar-refractivity contribution >= 4 is 17.3 Å². The molecule has 1 N–H and O–H groups in total. The summed E-state index contributed by atoms with van der Waals surface area (Å²) in [5.74, 6) is -0.594. The normalized spacial score (nSPS) is 19.4. The molecule has 4 nitrogen and oxygen atoms in total. The Morgan fingerprint density at radius 2 is 2.44 bits per heavy atom. The fraction of sp³-hybridized carbons (Fsp3) is 0.636. The molecule has 1 aromatic heterocycles. The first-order valence-electron chi connectivity index (χ1n) is 5.42. The predicted molar refractivity (Wildman–Crippen MR) is 62.4 cm³/mol. The van der Waals surface area contributed by atoms with Crippen LogP contribution in [-0.4, -0.2) is 34.0 Å². The van der Waals surface area contributed by atoms with E-state index in [1.807, 2.05) is 12.4 Å². The maximum Gasteiger partial charge on any atom is 0.306 e. The molecule has 0 radical (unpaired) electrons. The van der Waals surface area contributed by atoms with Crippen LogP contribution in [0.5, 0.6) is 0 Å². The molecular formula is C11H16N2O2S. The van der Waals surface area contributed by atoms with Crippen molar-refractivity contribution in [2.75, 3.05) is 13.1 Å². The number of carboxylic acids is 1. The van der Waals surface area contributed by atoms with Crippen LogP contribution in [0.3, 0.4) is 0 Å². The van der Waals surface area contributed by atoms with E-state index >= 15 is 0 Å². The smallest absolute Gasteiger partial charge is 0.306 e. The first kappa shape index (κ1) is 11.5. The van der Waals surface area contributed by atoms with Crippen LogP contribution < -0.4 is 0 Å². The van der Waals surface area contributed by atoms with Gasteiger partial charge in [-0.2, -0.15) is 0 Å².